The monoisotopic (exact) mass is 562 g/mol. The molecule has 0 aliphatic carbocycles. The van der Waals surface area contributed by atoms with Gasteiger partial charge in [0.25, 0.3) is 0 Å². The Hall–Kier alpha value is -6.10. The Balaban J connectivity index is 1.62. The number of rotatable bonds is 3. The van der Waals surface area contributed by atoms with Crippen LogP contribution >= 0.6 is 0 Å². The first-order chi connectivity index (χ1) is 21.6. The summed E-state index contributed by atoms with van der Waals surface area (Å²) < 4.78 is 4.68. The lowest BCUT2D eigenvalue weighted by atomic mass is 9.97. The molecule has 0 N–H and O–H groups in total. The minimum atomic E-state index is 0.369. The third-order valence-electron chi connectivity index (χ3n) is 8.81. The van der Waals surface area contributed by atoms with Crippen molar-refractivity contribution in [2.75, 3.05) is 0 Å². The van der Waals surface area contributed by atoms with Gasteiger partial charge >= 0.3 is 0 Å². The fourth-order valence-electron chi connectivity index (χ4n) is 6.98. The zero-order valence-electron chi connectivity index (χ0n) is 24.3. The maximum absolute atomic E-state index is 9.99. The van der Waals surface area contributed by atoms with Gasteiger partial charge < -0.3 is 9.13 Å². The molecular weight excluding hydrogens is 536 g/mol. The molecule has 0 fully saturated rings. The van der Waals surface area contributed by atoms with Gasteiger partial charge in [0.15, 0.2) is 0 Å². The van der Waals surface area contributed by atoms with Crippen molar-refractivity contribution in [2.45, 2.75) is 13.8 Å². The van der Waals surface area contributed by atoms with Crippen molar-refractivity contribution in [3.8, 4) is 28.6 Å². The van der Waals surface area contributed by atoms with Crippen molar-refractivity contribution in [1.29, 1.82) is 5.26 Å². The Morgan fingerprint density at radius 1 is 0.591 bits per heavy atom. The molecule has 0 radical (unpaired) electrons. The van der Waals surface area contributed by atoms with Gasteiger partial charge in [0.1, 0.15) is 0 Å². The predicted molar refractivity (Wildman–Crippen MR) is 181 cm³/mol. The molecule has 6 aromatic carbocycles. The van der Waals surface area contributed by atoms with E-state index in [1.54, 1.807) is 6.07 Å². The maximum atomic E-state index is 9.99. The predicted octanol–water partition coefficient (Wildman–Crippen LogP) is 10.6. The number of aryl methyl sites for hydroxylation is 2. The average molecular weight is 563 g/mol. The molecule has 0 unspecified atom stereocenters. The van der Waals surface area contributed by atoms with Crippen molar-refractivity contribution in [3.63, 3.8) is 0 Å². The van der Waals surface area contributed by atoms with Crippen molar-refractivity contribution in [3.05, 3.63) is 149 Å². The first-order valence-corrected chi connectivity index (χ1v) is 14.6. The molecule has 0 spiro atoms. The third-order valence-corrected chi connectivity index (χ3v) is 8.81. The Bertz CT molecular complexity index is 2470. The smallest absolute Gasteiger partial charge is 0.212 e. The fourth-order valence-corrected chi connectivity index (χ4v) is 6.98. The van der Waals surface area contributed by atoms with Crippen LogP contribution in [0.4, 0.5) is 5.69 Å². The van der Waals surface area contributed by atoms with Gasteiger partial charge in [-0.25, -0.2) is 4.85 Å². The molecule has 0 bridgehead atoms. The number of nitrogens with zero attached hydrogens (tertiary/aromatic N) is 4. The number of fused-ring (bicyclic) bond motifs is 6. The largest absolute Gasteiger partial charge is 0.309 e. The van der Waals surface area contributed by atoms with Gasteiger partial charge in [-0.15, -0.1) is 0 Å². The Kier molecular flexibility index (Phi) is 5.66. The molecule has 8 aromatic rings. The van der Waals surface area contributed by atoms with Gasteiger partial charge in [-0.3, -0.25) is 0 Å². The molecule has 0 saturated carbocycles. The van der Waals surface area contributed by atoms with Crippen molar-refractivity contribution >= 4 is 49.3 Å². The highest BCUT2D eigenvalue weighted by Crippen LogP contribution is 2.45. The Labute approximate surface area is 255 Å². The summed E-state index contributed by atoms with van der Waals surface area (Å²) in [5, 5.41) is 14.6. The maximum Gasteiger partial charge on any atom is 0.212 e. The van der Waals surface area contributed by atoms with Crippen LogP contribution in [0.1, 0.15) is 16.7 Å². The zero-order chi connectivity index (χ0) is 29.9. The van der Waals surface area contributed by atoms with Gasteiger partial charge in [0, 0.05) is 27.2 Å². The Morgan fingerprint density at radius 3 is 1.73 bits per heavy atom. The van der Waals surface area contributed by atoms with Crippen LogP contribution in [0.5, 0.6) is 0 Å². The van der Waals surface area contributed by atoms with Crippen LogP contribution < -0.4 is 0 Å². The van der Waals surface area contributed by atoms with E-state index in [-0.39, 0.29) is 0 Å². The second-order valence-electron chi connectivity index (χ2n) is 11.3. The minimum Gasteiger partial charge on any atom is -0.309 e. The summed E-state index contributed by atoms with van der Waals surface area (Å²) in [6.07, 6.45) is 0. The van der Waals surface area contributed by atoms with Gasteiger partial charge in [-0.05, 0) is 66.4 Å². The second-order valence-corrected chi connectivity index (χ2v) is 11.3. The molecule has 0 aliphatic rings. The standard InChI is InChI=1S/C40H26N4/c1-25-12-10-13-26(2)39(25)44-37-21-9-6-17-31(37)33-22-28(23-34(40(33)44)32-18-11-14-27(24-41)38(32)42-3)43-35-19-7-4-15-29(35)30-16-5-8-20-36(30)43/h4-23H,1-2H3. The summed E-state index contributed by atoms with van der Waals surface area (Å²) in [5.74, 6) is 0. The molecule has 2 aromatic heterocycles. The van der Waals surface area contributed by atoms with E-state index in [1.807, 2.05) is 12.1 Å². The van der Waals surface area contributed by atoms with Crippen molar-refractivity contribution in [2.24, 2.45) is 0 Å². The van der Waals surface area contributed by atoms with E-state index in [4.69, 9.17) is 6.57 Å². The molecular formula is C40H26N4. The number of aromatic nitrogens is 2. The zero-order valence-corrected chi connectivity index (χ0v) is 24.3. The first-order valence-electron chi connectivity index (χ1n) is 14.6. The third kappa shape index (κ3) is 3.56. The SMILES string of the molecule is [C-]#[N+]c1c(C#N)cccc1-c1cc(-n2c3ccccc3c3ccccc32)cc2c3ccccc3n(-c3c(C)cccc3C)c12. The number of para-hydroxylation sites is 5. The fraction of sp³-hybridized carbons (Fsp3) is 0.0500. The number of hydrogen-bond donors (Lipinski definition) is 0. The molecule has 206 valence electrons. The summed E-state index contributed by atoms with van der Waals surface area (Å²) >= 11 is 0. The quantitative estimate of drug-likeness (QED) is 0.197. The minimum absolute atomic E-state index is 0.369. The number of hydrogen-bond acceptors (Lipinski definition) is 1. The molecule has 0 atom stereocenters. The lowest BCUT2D eigenvalue weighted by Crippen LogP contribution is -2.02. The summed E-state index contributed by atoms with van der Waals surface area (Å²) in [5.41, 5.74) is 11.2. The molecule has 2 heterocycles. The average Bonchev–Trinajstić information content (AvgIpc) is 3.57. The van der Waals surface area contributed by atoms with Crippen LogP contribution in [-0.2, 0) is 0 Å². The molecule has 4 nitrogen and oxygen atoms in total. The van der Waals surface area contributed by atoms with Crippen LogP contribution in [0.2, 0.25) is 0 Å². The summed E-state index contributed by atoms with van der Waals surface area (Å²) in [7, 11) is 0. The van der Waals surface area contributed by atoms with Gasteiger partial charge in [0.05, 0.1) is 46.0 Å². The van der Waals surface area contributed by atoms with Gasteiger partial charge in [0.2, 0.25) is 5.69 Å². The molecule has 0 aliphatic heterocycles. The van der Waals surface area contributed by atoms with Crippen molar-refractivity contribution in [1.82, 2.24) is 9.13 Å². The van der Waals surface area contributed by atoms with E-state index in [0.717, 1.165) is 55.3 Å². The van der Waals surface area contributed by atoms with E-state index in [2.05, 4.69) is 137 Å². The number of benzene rings is 6. The highest BCUT2D eigenvalue weighted by molar-refractivity contribution is 6.16. The highest BCUT2D eigenvalue weighted by Gasteiger charge is 2.23. The van der Waals surface area contributed by atoms with E-state index in [1.165, 1.54) is 21.9 Å². The summed E-state index contributed by atoms with van der Waals surface area (Å²) in [4.78, 5) is 3.92. The topological polar surface area (TPSA) is 38.0 Å². The molecule has 4 heteroatoms. The van der Waals surface area contributed by atoms with Crippen LogP contribution in [0.3, 0.4) is 0 Å². The van der Waals surface area contributed by atoms with Gasteiger partial charge in [-0.1, -0.05) is 91.0 Å². The normalized spacial score (nSPS) is 11.4. The van der Waals surface area contributed by atoms with E-state index >= 15 is 0 Å². The van der Waals surface area contributed by atoms with Crippen molar-refractivity contribution < 1.29 is 0 Å². The van der Waals surface area contributed by atoms with E-state index in [0.29, 0.717) is 11.3 Å². The molecule has 0 saturated heterocycles. The summed E-state index contributed by atoms with van der Waals surface area (Å²) in [6, 6.07) is 44.3. The molecule has 44 heavy (non-hydrogen) atoms. The Morgan fingerprint density at radius 2 is 1.14 bits per heavy atom. The van der Waals surface area contributed by atoms with E-state index in [9.17, 15) is 5.26 Å². The first kappa shape index (κ1) is 25.6. The number of nitriles is 1. The van der Waals surface area contributed by atoms with Gasteiger partial charge in [-0.2, -0.15) is 5.26 Å². The van der Waals surface area contributed by atoms with Crippen LogP contribution in [0.25, 0.3) is 71.0 Å². The lowest BCUT2D eigenvalue weighted by molar-refractivity contribution is 1.12. The van der Waals surface area contributed by atoms with Crippen LogP contribution in [0.15, 0.2) is 121 Å². The molecule has 8 rings (SSSR count). The highest BCUT2D eigenvalue weighted by atomic mass is 15.0. The second kappa shape index (κ2) is 9.73. The van der Waals surface area contributed by atoms with E-state index < -0.39 is 0 Å². The van der Waals surface area contributed by atoms with Crippen LogP contribution in [0, 0.1) is 31.8 Å². The summed E-state index contributed by atoms with van der Waals surface area (Å²) in [6.45, 7) is 12.4. The lowest BCUT2D eigenvalue weighted by Gasteiger charge is -2.18. The molecule has 0 amide bonds. The van der Waals surface area contributed by atoms with Crippen LogP contribution in [-0.4, -0.2) is 9.13 Å².